The highest BCUT2D eigenvalue weighted by Crippen LogP contribution is 2.48. The van der Waals surface area contributed by atoms with Crippen LogP contribution in [0.1, 0.15) is 53.9 Å². The first-order chi connectivity index (χ1) is 6.94. The Morgan fingerprint density at radius 2 is 1.73 bits per heavy atom. The molecule has 0 bridgehead atoms. The monoisotopic (exact) mass is 211 g/mol. The second kappa shape index (κ2) is 5.34. The molecule has 1 atom stereocenters. The Morgan fingerprint density at radius 1 is 1.13 bits per heavy atom. The van der Waals surface area contributed by atoms with Gasteiger partial charge in [-0.3, -0.25) is 0 Å². The Kier molecular flexibility index (Phi) is 4.64. The van der Waals surface area contributed by atoms with Crippen molar-refractivity contribution in [2.75, 3.05) is 13.1 Å². The molecule has 0 heterocycles. The van der Waals surface area contributed by atoms with Crippen molar-refractivity contribution in [3.8, 4) is 0 Å². The van der Waals surface area contributed by atoms with Gasteiger partial charge in [-0.2, -0.15) is 0 Å². The van der Waals surface area contributed by atoms with E-state index in [0.717, 1.165) is 17.8 Å². The van der Waals surface area contributed by atoms with Crippen LogP contribution in [0.3, 0.4) is 0 Å². The molecule has 0 aliphatic heterocycles. The molecule has 0 spiro atoms. The lowest BCUT2D eigenvalue weighted by atomic mass is 9.77. The summed E-state index contributed by atoms with van der Waals surface area (Å²) in [5.74, 6) is 2.60. The van der Waals surface area contributed by atoms with Gasteiger partial charge < -0.3 is 5.32 Å². The van der Waals surface area contributed by atoms with E-state index in [1.54, 1.807) is 0 Å². The Bertz CT molecular complexity index is 182. The van der Waals surface area contributed by atoms with E-state index in [1.165, 1.54) is 32.4 Å². The minimum Gasteiger partial charge on any atom is -0.316 e. The van der Waals surface area contributed by atoms with Gasteiger partial charge in [-0.25, -0.2) is 0 Å². The SMILES string of the molecule is CC(C)CNCC(C)(CC(C)C)C1CC1. The Labute approximate surface area is 96.0 Å². The summed E-state index contributed by atoms with van der Waals surface area (Å²) in [5.41, 5.74) is 0.559. The van der Waals surface area contributed by atoms with Crippen molar-refractivity contribution in [1.29, 1.82) is 0 Å². The van der Waals surface area contributed by atoms with Crippen LogP contribution in [0.25, 0.3) is 0 Å². The molecule has 1 saturated carbocycles. The summed E-state index contributed by atoms with van der Waals surface area (Å²) in [6.07, 6.45) is 4.31. The average molecular weight is 211 g/mol. The molecule has 0 saturated heterocycles. The van der Waals surface area contributed by atoms with Gasteiger partial charge in [0.05, 0.1) is 0 Å². The van der Waals surface area contributed by atoms with Crippen molar-refractivity contribution in [1.82, 2.24) is 5.32 Å². The topological polar surface area (TPSA) is 12.0 Å². The predicted molar refractivity (Wildman–Crippen MR) is 68.0 cm³/mol. The van der Waals surface area contributed by atoms with Crippen LogP contribution in [0.5, 0.6) is 0 Å². The Hall–Kier alpha value is -0.0400. The molecule has 1 rings (SSSR count). The van der Waals surface area contributed by atoms with E-state index in [4.69, 9.17) is 0 Å². The zero-order valence-electron chi connectivity index (χ0n) is 11.3. The van der Waals surface area contributed by atoms with E-state index in [0.29, 0.717) is 5.41 Å². The lowest BCUT2D eigenvalue weighted by Crippen LogP contribution is -2.36. The molecule has 1 aliphatic rings. The van der Waals surface area contributed by atoms with Crippen LogP contribution in [0, 0.1) is 23.2 Å². The Balaban J connectivity index is 2.35. The van der Waals surface area contributed by atoms with Crippen LogP contribution in [-0.4, -0.2) is 13.1 Å². The fourth-order valence-corrected chi connectivity index (χ4v) is 2.74. The van der Waals surface area contributed by atoms with Gasteiger partial charge in [0, 0.05) is 6.54 Å². The van der Waals surface area contributed by atoms with Crippen LogP contribution in [-0.2, 0) is 0 Å². The van der Waals surface area contributed by atoms with Gasteiger partial charge in [-0.15, -0.1) is 0 Å². The van der Waals surface area contributed by atoms with E-state index in [-0.39, 0.29) is 0 Å². The molecule has 1 heteroatoms. The smallest absolute Gasteiger partial charge is 0.000802 e. The standard InChI is InChI=1S/C14H29N/c1-11(2)8-14(5,13-6-7-13)10-15-9-12(3)4/h11-13,15H,6-10H2,1-5H3. The normalized spacial score (nSPS) is 21.0. The summed E-state index contributed by atoms with van der Waals surface area (Å²) in [4.78, 5) is 0. The van der Waals surface area contributed by atoms with E-state index < -0.39 is 0 Å². The van der Waals surface area contributed by atoms with E-state index >= 15 is 0 Å². The zero-order chi connectivity index (χ0) is 11.5. The maximum Gasteiger partial charge on any atom is 0.000802 e. The van der Waals surface area contributed by atoms with Gasteiger partial charge in [0.2, 0.25) is 0 Å². The van der Waals surface area contributed by atoms with Crippen molar-refractivity contribution in [2.24, 2.45) is 23.2 Å². The summed E-state index contributed by atoms with van der Waals surface area (Å²) >= 11 is 0. The van der Waals surface area contributed by atoms with Crippen molar-refractivity contribution >= 4 is 0 Å². The number of hydrogen-bond donors (Lipinski definition) is 1. The molecule has 1 unspecified atom stereocenters. The van der Waals surface area contributed by atoms with Crippen LogP contribution in [0.4, 0.5) is 0 Å². The van der Waals surface area contributed by atoms with Crippen LogP contribution >= 0.6 is 0 Å². The van der Waals surface area contributed by atoms with Gasteiger partial charge in [0.15, 0.2) is 0 Å². The molecule has 90 valence electrons. The molecule has 0 amide bonds. The number of rotatable bonds is 7. The first kappa shape index (κ1) is 13.0. The van der Waals surface area contributed by atoms with Gasteiger partial charge in [-0.05, 0) is 49.0 Å². The molecule has 0 aromatic carbocycles. The van der Waals surface area contributed by atoms with Gasteiger partial charge in [-0.1, -0.05) is 34.6 Å². The molecule has 0 radical (unpaired) electrons. The fourth-order valence-electron chi connectivity index (χ4n) is 2.74. The van der Waals surface area contributed by atoms with Crippen LogP contribution in [0.2, 0.25) is 0 Å². The molecule has 15 heavy (non-hydrogen) atoms. The molecule has 1 aliphatic carbocycles. The van der Waals surface area contributed by atoms with Gasteiger partial charge in [0.25, 0.3) is 0 Å². The second-order valence-electron chi connectivity index (χ2n) is 6.55. The second-order valence-corrected chi connectivity index (χ2v) is 6.55. The van der Waals surface area contributed by atoms with Crippen LogP contribution in [0.15, 0.2) is 0 Å². The molecular weight excluding hydrogens is 182 g/mol. The lowest BCUT2D eigenvalue weighted by Gasteiger charge is -2.32. The fraction of sp³-hybridized carbons (Fsp3) is 1.00. The molecular formula is C14H29N. The summed E-state index contributed by atoms with van der Waals surface area (Å²) in [6, 6.07) is 0. The third-order valence-electron chi connectivity index (χ3n) is 3.52. The average Bonchev–Trinajstić information content (AvgIpc) is 2.82. The minimum absolute atomic E-state index is 0.559. The molecule has 1 nitrogen and oxygen atoms in total. The molecule has 0 aromatic rings. The maximum atomic E-state index is 3.65. The Morgan fingerprint density at radius 3 is 2.13 bits per heavy atom. The summed E-state index contributed by atoms with van der Waals surface area (Å²) < 4.78 is 0. The third-order valence-corrected chi connectivity index (χ3v) is 3.52. The third kappa shape index (κ3) is 4.55. The largest absolute Gasteiger partial charge is 0.316 e. The first-order valence-electron chi connectivity index (χ1n) is 6.65. The van der Waals surface area contributed by atoms with Crippen molar-refractivity contribution in [3.05, 3.63) is 0 Å². The summed E-state index contributed by atoms with van der Waals surface area (Å²) in [6.45, 7) is 14.1. The van der Waals surface area contributed by atoms with Crippen molar-refractivity contribution < 1.29 is 0 Å². The highest BCUT2D eigenvalue weighted by molar-refractivity contribution is 4.93. The van der Waals surface area contributed by atoms with Crippen molar-refractivity contribution in [2.45, 2.75) is 53.9 Å². The molecule has 0 aromatic heterocycles. The number of nitrogens with one attached hydrogen (secondary N) is 1. The highest BCUT2D eigenvalue weighted by atomic mass is 14.9. The lowest BCUT2D eigenvalue weighted by molar-refractivity contribution is 0.204. The predicted octanol–water partition coefficient (Wildman–Crippen LogP) is 3.69. The van der Waals surface area contributed by atoms with Crippen LogP contribution < -0.4 is 5.32 Å². The highest BCUT2D eigenvalue weighted by Gasteiger charge is 2.41. The number of hydrogen-bond acceptors (Lipinski definition) is 1. The molecule has 1 fully saturated rings. The summed E-state index contributed by atoms with van der Waals surface area (Å²) in [5, 5.41) is 3.65. The van der Waals surface area contributed by atoms with Gasteiger partial charge in [0.1, 0.15) is 0 Å². The van der Waals surface area contributed by atoms with E-state index in [9.17, 15) is 0 Å². The minimum atomic E-state index is 0.559. The van der Waals surface area contributed by atoms with Gasteiger partial charge >= 0.3 is 0 Å². The van der Waals surface area contributed by atoms with E-state index in [2.05, 4.69) is 39.9 Å². The first-order valence-corrected chi connectivity index (χ1v) is 6.65. The van der Waals surface area contributed by atoms with E-state index in [1.807, 2.05) is 0 Å². The summed E-state index contributed by atoms with van der Waals surface area (Å²) in [7, 11) is 0. The molecule has 1 N–H and O–H groups in total. The maximum absolute atomic E-state index is 3.65. The zero-order valence-corrected chi connectivity index (χ0v) is 11.3. The van der Waals surface area contributed by atoms with Crippen molar-refractivity contribution in [3.63, 3.8) is 0 Å². The quantitative estimate of drug-likeness (QED) is 0.677.